The van der Waals surface area contributed by atoms with E-state index in [-0.39, 0.29) is 12.3 Å². The summed E-state index contributed by atoms with van der Waals surface area (Å²) in [4.78, 5) is 22.1. The Bertz CT molecular complexity index is 308. The lowest BCUT2D eigenvalue weighted by Gasteiger charge is -2.02. The van der Waals surface area contributed by atoms with Crippen molar-refractivity contribution in [1.29, 1.82) is 0 Å². The number of esters is 1. The number of anilines is 1. The Labute approximate surface area is 85.9 Å². The second kappa shape index (κ2) is 5.39. The molecule has 1 N–H and O–H groups in total. The smallest absolute Gasteiger partial charge is 0.315 e. The van der Waals surface area contributed by atoms with E-state index in [1.54, 1.807) is 18.4 Å². The predicted octanol–water partition coefficient (Wildman–Crippen LogP) is 1.64. The van der Waals surface area contributed by atoms with E-state index in [1.807, 2.05) is 5.38 Å². The molecule has 4 nitrogen and oxygen atoms in total. The number of carbonyl (C=O) groups excluding carboxylic acids is 2. The first-order chi connectivity index (χ1) is 6.72. The van der Waals surface area contributed by atoms with Gasteiger partial charge in [-0.25, -0.2) is 0 Å². The maximum atomic E-state index is 11.2. The topological polar surface area (TPSA) is 55.4 Å². The number of hydrogen-bond acceptors (Lipinski definition) is 4. The molecule has 0 unspecified atom stereocenters. The van der Waals surface area contributed by atoms with Crippen molar-refractivity contribution in [3.05, 3.63) is 16.8 Å². The zero-order chi connectivity index (χ0) is 10.4. The van der Waals surface area contributed by atoms with E-state index in [0.717, 1.165) is 0 Å². The Morgan fingerprint density at radius 3 is 2.93 bits per heavy atom. The molecule has 0 atom stereocenters. The highest BCUT2D eigenvalue weighted by atomic mass is 32.1. The van der Waals surface area contributed by atoms with Crippen LogP contribution in [0.4, 0.5) is 5.69 Å². The van der Waals surface area contributed by atoms with Gasteiger partial charge in [-0.15, -0.1) is 0 Å². The molecule has 1 rings (SSSR count). The van der Waals surface area contributed by atoms with Crippen LogP contribution < -0.4 is 5.32 Å². The molecule has 76 valence electrons. The van der Waals surface area contributed by atoms with Gasteiger partial charge in [0.15, 0.2) is 0 Å². The van der Waals surface area contributed by atoms with Gasteiger partial charge >= 0.3 is 5.97 Å². The van der Waals surface area contributed by atoms with Gasteiger partial charge in [0.05, 0.1) is 12.3 Å². The quantitative estimate of drug-likeness (QED) is 0.611. The van der Waals surface area contributed by atoms with E-state index in [4.69, 9.17) is 0 Å². The van der Waals surface area contributed by atoms with Gasteiger partial charge in [-0.1, -0.05) is 0 Å². The molecule has 1 aromatic rings. The van der Waals surface area contributed by atoms with E-state index in [2.05, 4.69) is 10.1 Å². The summed E-state index contributed by atoms with van der Waals surface area (Å²) >= 11 is 1.48. The minimum Gasteiger partial charge on any atom is -0.466 e. The van der Waals surface area contributed by atoms with Crippen LogP contribution in [-0.4, -0.2) is 18.5 Å². The number of amides is 1. The zero-order valence-corrected chi connectivity index (χ0v) is 8.60. The van der Waals surface area contributed by atoms with E-state index >= 15 is 0 Å². The van der Waals surface area contributed by atoms with E-state index in [0.29, 0.717) is 12.3 Å². The van der Waals surface area contributed by atoms with E-state index < -0.39 is 5.97 Å². The van der Waals surface area contributed by atoms with Crippen molar-refractivity contribution >= 4 is 28.9 Å². The molecule has 0 fully saturated rings. The molecule has 5 heteroatoms. The average molecular weight is 213 g/mol. The van der Waals surface area contributed by atoms with Gasteiger partial charge in [0.25, 0.3) is 0 Å². The normalized spacial score (nSPS) is 9.50. The van der Waals surface area contributed by atoms with Gasteiger partial charge < -0.3 is 10.1 Å². The fraction of sp³-hybridized carbons (Fsp3) is 0.333. The number of thiophene rings is 1. The number of hydrogen-bond donors (Lipinski definition) is 1. The Hall–Kier alpha value is -1.36. The second-order valence-electron chi connectivity index (χ2n) is 2.54. The summed E-state index contributed by atoms with van der Waals surface area (Å²) < 4.78 is 4.63. The average Bonchev–Trinajstić information content (AvgIpc) is 2.56. The Morgan fingerprint density at radius 1 is 1.57 bits per heavy atom. The first kappa shape index (κ1) is 10.7. The summed E-state index contributed by atoms with van der Waals surface area (Å²) in [6.45, 7) is 2.00. The molecule has 0 aromatic carbocycles. The van der Waals surface area contributed by atoms with Gasteiger partial charge in [0, 0.05) is 5.38 Å². The maximum Gasteiger partial charge on any atom is 0.315 e. The Kier molecular flexibility index (Phi) is 4.12. The molecule has 0 saturated heterocycles. The monoisotopic (exact) mass is 213 g/mol. The third-order valence-corrected chi connectivity index (χ3v) is 2.10. The van der Waals surface area contributed by atoms with Gasteiger partial charge in [0.2, 0.25) is 5.91 Å². The Balaban J connectivity index is 2.33. The first-order valence-electron chi connectivity index (χ1n) is 4.20. The molecular weight excluding hydrogens is 202 g/mol. The van der Waals surface area contributed by atoms with Crippen LogP contribution in [-0.2, 0) is 14.3 Å². The van der Waals surface area contributed by atoms with Crippen molar-refractivity contribution in [3.8, 4) is 0 Å². The summed E-state index contributed by atoms with van der Waals surface area (Å²) in [5.74, 6) is -0.845. The van der Waals surface area contributed by atoms with Crippen LogP contribution in [0, 0.1) is 0 Å². The molecule has 1 amide bonds. The largest absolute Gasteiger partial charge is 0.466 e. The van der Waals surface area contributed by atoms with Crippen molar-refractivity contribution in [2.45, 2.75) is 13.3 Å². The van der Waals surface area contributed by atoms with Crippen LogP contribution in [0.5, 0.6) is 0 Å². The van der Waals surface area contributed by atoms with Crippen LogP contribution >= 0.6 is 11.3 Å². The van der Waals surface area contributed by atoms with Crippen LogP contribution in [0.15, 0.2) is 16.8 Å². The fourth-order valence-corrected chi connectivity index (χ4v) is 1.47. The highest BCUT2D eigenvalue weighted by Gasteiger charge is 2.09. The highest BCUT2D eigenvalue weighted by Crippen LogP contribution is 2.11. The lowest BCUT2D eigenvalue weighted by Crippen LogP contribution is -2.17. The molecule has 0 saturated carbocycles. The van der Waals surface area contributed by atoms with Crippen LogP contribution in [0.2, 0.25) is 0 Å². The van der Waals surface area contributed by atoms with Gasteiger partial charge in [-0.05, 0) is 18.4 Å². The lowest BCUT2D eigenvalue weighted by atomic mass is 10.4. The molecule has 0 aliphatic carbocycles. The predicted molar refractivity (Wildman–Crippen MR) is 54.2 cm³/mol. The fourth-order valence-electron chi connectivity index (χ4n) is 0.884. The lowest BCUT2D eigenvalue weighted by molar-refractivity contribution is -0.145. The van der Waals surface area contributed by atoms with Gasteiger partial charge in [-0.2, -0.15) is 11.3 Å². The molecule has 14 heavy (non-hydrogen) atoms. The number of rotatable bonds is 4. The minimum atomic E-state index is -0.500. The minimum absolute atomic E-state index is 0.232. The molecule has 0 aliphatic rings. The molecule has 0 aliphatic heterocycles. The van der Waals surface area contributed by atoms with Gasteiger partial charge in [0.1, 0.15) is 6.42 Å². The van der Waals surface area contributed by atoms with Crippen molar-refractivity contribution in [1.82, 2.24) is 0 Å². The summed E-state index contributed by atoms with van der Waals surface area (Å²) in [5, 5.41) is 6.22. The third-order valence-electron chi connectivity index (χ3n) is 1.42. The summed E-state index contributed by atoms with van der Waals surface area (Å²) in [5.41, 5.74) is 0.712. The SMILES string of the molecule is CCOC(=O)CC(=O)Nc1ccsc1. The van der Waals surface area contributed by atoms with Crippen molar-refractivity contribution < 1.29 is 14.3 Å². The summed E-state index contributed by atoms with van der Waals surface area (Å²) in [6, 6.07) is 1.77. The molecule has 0 radical (unpaired) electrons. The standard InChI is InChI=1S/C9H11NO3S/c1-2-13-9(12)5-8(11)10-7-3-4-14-6-7/h3-4,6H,2,5H2,1H3,(H,10,11). The first-order valence-corrected chi connectivity index (χ1v) is 5.14. The second-order valence-corrected chi connectivity index (χ2v) is 3.32. The molecule has 0 spiro atoms. The van der Waals surface area contributed by atoms with E-state index in [9.17, 15) is 9.59 Å². The van der Waals surface area contributed by atoms with Crippen molar-refractivity contribution in [3.63, 3.8) is 0 Å². The van der Waals surface area contributed by atoms with Gasteiger partial charge in [-0.3, -0.25) is 9.59 Å². The molecular formula is C9H11NO3S. The number of nitrogens with one attached hydrogen (secondary N) is 1. The summed E-state index contributed by atoms with van der Waals surface area (Å²) in [6.07, 6.45) is -0.232. The zero-order valence-electron chi connectivity index (χ0n) is 7.78. The van der Waals surface area contributed by atoms with Crippen LogP contribution in [0.3, 0.4) is 0 Å². The Morgan fingerprint density at radius 2 is 2.36 bits per heavy atom. The maximum absolute atomic E-state index is 11.2. The highest BCUT2D eigenvalue weighted by molar-refractivity contribution is 7.08. The van der Waals surface area contributed by atoms with Crippen LogP contribution in [0.25, 0.3) is 0 Å². The third kappa shape index (κ3) is 3.57. The van der Waals surface area contributed by atoms with Crippen LogP contribution in [0.1, 0.15) is 13.3 Å². The van der Waals surface area contributed by atoms with Crippen molar-refractivity contribution in [2.24, 2.45) is 0 Å². The van der Waals surface area contributed by atoms with Crippen molar-refractivity contribution in [2.75, 3.05) is 11.9 Å². The molecule has 0 bridgehead atoms. The molecule has 1 aromatic heterocycles. The number of ether oxygens (including phenoxy) is 1. The van der Waals surface area contributed by atoms with E-state index in [1.165, 1.54) is 11.3 Å². The number of carbonyl (C=O) groups is 2. The summed E-state index contributed by atoms with van der Waals surface area (Å²) in [7, 11) is 0. The molecule has 1 heterocycles.